The van der Waals surface area contributed by atoms with Gasteiger partial charge >= 0.3 is 0 Å². The Morgan fingerprint density at radius 3 is 2.56 bits per heavy atom. The molecule has 16 heavy (non-hydrogen) atoms. The Morgan fingerprint density at radius 2 is 2.00 bits per heavy atom. The van der Waals surface area contributed by atoms with E-state index in [-0.39, 0.29) is 32.7 Å². The molecule has 1 heterocycles. The van der Waals surface area contributed by atoms with E-state index in [0.29, 0.717) is 5.56 Å². The Morgan fingerprint density at radius 1 is 1.31 bits per heavy atom. The molecular formula is C13H11N2Y-. The van der Waals surface area contributed by atoms with Gasteiger partial charge in [0.2, 0.25) is 0 Å². The van der Waals surface area contributed by atoms with Crippen molar-refractivity contribution >= 4 is 5.70 Å². The molecule has 1 radical (unpaired) electrons. The predicted octanol–water partition coefficient (Wildman–Crippen LogP) is 2.60. The van der Waals surface area contributed by atoms with Gasteiger partial charge in [-0.25, -0.2) is 6.08 Å². The van der Waals surface area contributed by atoms with Crippen molar-refractivity contribution in [1.82, 2.24) is 5.32 Å². The quantitative estimate of drug-likeness (QED) is 0.805. The Balaban J connectivity index is 0.00000128. The third-order valence-corrected chi connectivity index (χ3v) is 2.33. The minimum atomic E-state index is 0. The molecule has 0 spiro atoms. The van der Waals surface area contributed by atoms with Gasteiger partial charge in [0.25, 0.3) is 0 Å². The fourth-order valence-corrected chi connectivity index (χ4v) is 1.51. The minimum Gasteiger partial charge on any atom is -0.394 e. The summed E-state index contributed by atoms with van der Waals surface area (Å²) in [5, 5.41) is 11.9. The van der Waals surface area contributed by atoms with Crippen LogP contribution in [0.1, 0.15) is 24.0 Å². The Labute approximate surface area is 121 Å². The maximum absolute atomic E-state index is 8.68. The monoisotopic (exact) mass is 284 g/mol. The SMILES string of the molecule is C=C1CC[C-]=C(c2ccc(C#N)cc2)N1.[Y]. The van der Waals surface area contributed by atoms with Crippen LogP contribution in [0.3, 0.4) is 0 Å². The van der Waals surface area contributed by atoms with Gasteiger partial charge < -0.3 is 5.32 Å². The zero-order valence-corrected chi connectivity index (χ0v) is 11.8. The van der Waals surface area contributed by atoms with Gasteiger partial charge in [-0.15, -0.1) is 24.3 Å². The molecule has 0 amide bonds. The summed E-state index contributed by atoms with van der Waals surface area (Å²) in [6, 6.07) is 9.56. The van der Waals surface area contributed by atoms with Gasteiger partial charge in [0.1, 0.15) is 0 Å². The van der Waals surface area contributed by atoms with Gasteiger partial charge in [-0.05, 0) is 6.42 Å². The van der Waals surface area contributed by atoms with Crippen LogP contribution in [0.2, 0.25) is 0 Å². The molecule has 0 bridgehead atoms. The molecular weight excluding hydrogens is 273 g/mol. The Hall–Kier alpha value is -0.906. The fourth-order valence-electron chi connectivity index (χ4n) is 1.51. The molecule has 3 heteroatoms. The molecule has 1 aromatic carbocycles. The van der Waals surface area contributed by atoms with Gasteiger partial charge in [-0.2, -0.15) is 10.8 Å². The first-order valence-corrected chi connectivity index (χ1v) is 4.86. The summed E-state index contributed by atoms with van der Waals surface area (Å²) in [6.07, 6.45) is 5.11. The van der Waals surface area contributed by atoms with Crippen molar-refractivity contribution in [3.8, 4) is 6.07 Å². The van der Waals surface area contributed by atoms with E-state index in [2.05, 4.69) is 24.0 Å². The molecule has 77 valence electrons. The largest absolute Gasteiger partial charge is 0.394 e. The smallest absolute Gasteiger partial charge is 0.0990 e. The second-order valence-corrected chi connectivity index (χ2v) is 3.47. The number of benzene rings is 1. The molecule has 0 saturated carbocycles. The predicted molar refractivity (Wildman–Crippen MR) is 59.3 cm³/mol. The van der Waals surface area contributed by atoms with Gasteiger partial charge in [-0.3, -0.25) is 0 Å². The van der Waals surface area contributed by atoms with Crippen LogP contribution >= 0.6 is 0 Å². The molecule has 0 aliphatic carbocycles. The molecule has 0 aromatic heterocycles. The first-order chi connectivity index (χ1) is 7.29. The number of nitrogens with zero attached hydrogens (tertiary/aromatic N) is 1. The van der Waals surface area contributed by atoms with Crippen molar-refractivity contribution in [2.24, 2.45) is 0 Å². The van der Waals surface area contributed by atoms with Crippen molar-refractivity contribution in [2.75, 3.05) is 0 Å². The molecule has 1 aliphatic rings. The van der Waals surface area contributed by atoms with Crippen LogP contribution in [0.25, 0.3) is 5.70 Å². The van der Waals surface area contributed by atoms with E-state index in [1.54, 1.807) is 0 Å². The third kappa shape index (κ3) is 3.04. The average Bonchev–Trinajstić information content (AvgIpc) is 2.29. The normalized spacial score (nSPS) is 14.2. The number of nitrogens with one attached hydrogen (secondary N) is 1. The van der Waals surface area contributed by atoms with Crippen LogP contribution in [-0.2, 0) is 32.7 Å². The zero-order chi connectivity index (χ0) is 10.7. The summed E-state index contributed by atoms with van der Waals surface area (Å²) < 4.78 is 0. The van der Waals surface area contributed by atoms with E-state index in [0.717, 1.165) is 29.8 Å². The third-order valence-electron chi connectivity index (χ3n) is 2.33. The summed E-state index contributed by atoms with van der Waals surface area (Å²) in [5.74, 6) is 0. The molecule has 0 unspecified atom stereocenters. The summed E-state index contributed by atoms with van der Waals surface area (Å²) in [7, 11) is 0. The number of nitriles is 1. The Kier molecular flexibility index (Phi) is 4.92. The van der Waals surface area contributed by atoms with E-state index in [9.17, 15) is 0 Å². The van der Waals surface area contributed by atoms with Crippen LogP contribution in [0, 0.1) is 17.4 Å². The van der Waals surface area contributed by atoms with E-state index < -0.39 is 0 Å². The number of allylic oxidation sites excluding steroid dienone is 2. The summed E-state index contributed by atoms with van der Waals surface area (Å²) in [4.78, 5) is 0. The van der Waals surface area contributed by atoms with Crippen molar-refractivity contribution in [3.05, 3.63) is 53.7 Å². The molecule has 2 rings (SSSR count). The zero-order valence-electron chi connectivity index (χ0n) is 8.96. The molecule has 0 atom stereocenters. The summed E-state index contributed by atoms with van der Waals surface area (Å²) in [6.45, 7) is 3.90. The van der Waals surface area contributed by atoms with E-state index in [1.807, 2.05) is 24.3 Å². The maximum atomic E-state index is 8.68. The number of hydrogen-bond acceptors (Lipinski definition) is 2. The second kappa shape index (κ2) is 5.98. The van der Waals surface area contributed by atoms with Crippen molar-refractivity contribution in [2.45, 2.75) is 12.8 Å². The first-order valence-electron chi connectivity index (χ1n) is 4.86. The molecule has 0 saturated heterocycles. The van der Waals surface area contributed by atoms with E-state index in [1.165, 1.54) is 0 Å². The van der Waals surface area contributed by atoms with Crippen molar-refractivity contribution in [3.63, 3.8) is 0 Å². The van der Waals surface area contributed by atoms with E-state index >= 15 is 0 Å². The van der Waals surface area contributed by atoms with Gasteiger partial charge in [0, 0.05) is 44.0 Å². The van der Waals surface area contributed by atoms with Crippen LogP contribution in [0.5, 0.6) is 0 Å². The molecule has 1 N–H and O–H groups in total. The second-order valence-electron chi connectivity index (χ2n) is 3.47. The first kappa shape index (κ1) is 13.2. The van der Waals surface area contributed by atoms with Gasteiger partial charge in [0.15, 0.2) is 0 Å². The van der Waals surface area contributed by atoms with E-state index in [4.69, 9.17) is 5.26 Å². The Bertz CT molecular complexity index is 452. The maximum Gasteiger partial charge on any atom is 0.0990 e. The standard InChI is InChI=1S/C13H11N2.Y/c1-10-3-2-4-13(15-10)12-7-5-11(9-14)6-8-12;/h5-8,15H,1-3H2;/q-1;. The van der Waals surface area contributed by atoms with Crippen LogP contribution in [-0.4, -0.2) is 0 Å². The van der Waals surface area contributed by atoms with Crippen LogP contribution < -0.4 is 5.32 Å². The summed E-state index contributed by atoms with van der Waals surface area (Å²) in [5.41, 5.74) is 3.72. The molecule has 1 aromatic rings. The molecule has 2 nitrogen and oxygen atoms in total. The fraction of sp³-hybridized carbons (Fsp3) is 0.154. The molecule has 0 fully saturated rings. The van der Waals surface area contributed by atoms with Crippen LogP contribution in [0.15, 0.2) is 36.5 Å². The summed E-state index contributed by atoms with van der Waals surface area (Å²) >= 11 is 0. The number of rotatable bonds is 1. The van der Waals surface area contributed by atoms with Crippen molar-refractivity contribution in [1.29, 1.82) is 5.26 Å². The van der Waals surface area contributed by atoms with Gasteiger partial charge in [-0.1, -0.05) is 18.7 Å². The average molecular weight is 284 g/mol. The van der Waals surface area contributed by atoms with Crippen LogP contribution in [0.4, 0.5) is 0 Å². The topological polar surface area (TPSA) is 35.8 Å². The minimum absolute atomic E-state index is 0. The number of hydrogen-bond donors (Lipinski definition) is 1. The molecule has 1 aliphatic heterocycles. The van der Waals surface area contributed by atoms with Gasteiger partial charge in [0.05, 0.1) is 6.07 Å². The van der Waals surface area contributed by atoms with Crippen molar-refractivity contribution < 1.29 is 32.7 Å².